The maximum absolute atomic E-state index is 9.29. The fourth-order valence-corrected chi connectivity index (χ4v) is 7.80. The molecular weight excluding hydrogens is 659 g/mol. The van der Waals surface area contributed by atoms with E-state index < -0.39 is 0 Å². The minimum absolute atomic E-state index is 0.248. The Bertz CT molecular complexity index is 2840. The zero-order valence-corrected chi connectivity index (χ0v) is 30.8. The number of hydrogen-bond donors (Lipinski definition) is 0. The van der Waals surface area contributed by atoms with Crippen molar-refractivity contribution < 1.29 is 4.42 Å². The summed E-state index contributed by atoms with van der Waals surface area (Å²) in [5.74, 6) is 1.35. The fraction of sp³-hybridized carbons (Fsp3) is 0.120. The van der Waals surface area contributed by atoms with Gasteiger partial charge < -0.3 is 4.42 Å². The van der Waals surface area contributed by atoms with Crippen LogP contribution in [-0.4, -0.2) is 9.55 Å². The Labute approximate surface area is 315 Å². The third kappa shape index (κ3) is 5.66. The first kappa shape index (κ1) is 33.2. The van der Waals surface area contributed by atoms with Crippen LogP contribution in [0.5, 0.6) is 0 Å². The lowest BCUT2D eigenvalue weighted by Gasteiger charge is -2.24. The van der Waals surface area contributed by atoms with Crippen molar-refractivity contribution in [3.05, 3.63) is 168 Å². The third-order valence-electron chi connectivity index (χ3n) is 10.6. The van der Waals surface area contributed by atoms with Crippen molar-refractivity contribution in [2.75, 3.05) is 0 Å². The number of nitrogens with zero attached hydrogens (tertiary/aromatic N) is 3. The van der Waals surface area contributed by atoms with Crippen LogP contribution in [0.25, 0.3) is 83.4 Å². The molecule has 260 valence electrons. The van der Waals surface area contributed by atoms with E-state index in [2.05, 4.69) is 166 Å². The Morgan fingerprint density at radius 1 is 0.556 bits per heavy atom. The second kappa shape index (κ2) is 13.4. The molecule has 2 heterocycles. The van der Waals surface area contributed by atoms with E-state index in [4.69, 9.17) is 9.40 Å². The lowest BCUT2D eigenvalue weighted by atomic mass is 9.87. The topological polar surface area (TPSA) is 54.8 Å². The van der Waals surface area contributed by atoms with Crippen LogP contribution < -0.4 is 0 Å². The molecule has 2 aromatic heterocycles. The molecule has 7 aromatic carbocycles. The summed E-state index contributed by atoms with van der Waals surface area (Å²) in [6.45, 7) is 9.15. The van der Waals surface area contributed by atoms with Crippen molar-refractivity contribution in [2.24, 2.45) is 0 Å². The van der Waals surface area contributed by atoms with Gasteiger partial charge in [-0.15, -0.1) is 0 Å². The van der Waals surface area contributed by atoms with Gasteiger partial charge in [-0.3, -0.25) is 4.57 Å². The number of aromatic nitrogens is 2. The Hall–Kier alpha value is -6.70. The normalized spacial score (nSPS) is 11.6. The average molecular weight is 698 g/mol. The van der Waals surface area contributed by atoms with Crippen LogP contribution >= 0.6 is 0 Å². The summed E-state index contributed by atoms with van der Waals surface area (Å²) in [6, 6.07) is 55.3. The monoisotopic (exact) mass is 697 g/mol. The zero-order chi connectivity index (χ0) is 36.9. The second-order valence-corrected chi connectivity index (χ2v) is 14.7. The van der Waals surface area contributed by atoms with E-state index >= 15 is 0 Å². The van der Waals surface area contributed by atoms with Gasteiger partial charge in [0.1, 0.15) is 17.0 Å². The van der Waals surface area contributed by atoms with Gasteiger partial charge in [0.25, 0.3) is 0 Å². The molecule has 4 heteroatoms. The molecule has 0 aliphatic carbocycles. The molecule has 0 amide bonds. The number of nitriles is 1. The van der Waals surface area contributed by atoms with Gasteiger partial charge in [-0.05, 0) is 111 Å². The molecule has 0 spiro atoms. The number of benzene rings is 7. The minimum Gasteiger partial charge on any atom is -0.455 e. The number of rotatable bonds is 7. The van der Waals surface area contributed by atoms with E-state index in [0.29, 0.717) is 5.56 Å². The Balaban J connectivity index is 1.24. The molecule has 0 fully saturated rings. The molecule has 0 saturated heterocycles. The average Bonchev–Trinajstić information content (AvgIpc) is 3.79. The van der Waals surface area contributed by atoms with Crippen LogP contribution in [-0.2, 0) is 0 Å². The van der Waals surface area contributed by atoms with E-state index in [0.717, 1.165) is 55.5 Å². The van der Waals surface area contributed by atoms with Gasteiger partial charge in [0.05, 0.1) is 33.9 Å². The Morgan fingerprint density at radius 2 is 1.15 bits per heavy atom. The first-order valence-corrected chi connectivity index (χ1v) is 18.7. The number of hydrogen-bond acceptors (Lipinski definition) is 3. The lowest BCUT2D eigenvalue weighted by molar-refractivity contribution is 0.669. The summed E-state index contributed by atoms with van der Waals surface area (Å²) in [4.78, 5) is 5.36. The number of para-hydroxylation sites is 3. The van der Waals surface area contributed by atoms with E-state index in [1.165, 1.54) is 39.1 Å². The minimum atomic E-state index is 0.248. The summed E-state index contributed by atoms with van der Waals surface area (Å²) < 4.78 is 9.18. The zero-order valence-electron chi connectivity index (χ0n) is 30.8. The fourth-order valence-electron chi connectivity index (χ4n) is 7.80. The maximum Gasteiger partial charge on any atom is 0.149 e. The molecule has 0 bridgehead atoms. The van der Waals surface area contributed by atoms with Crippen LogP contribution in [0.15, 0.2) is 156 Å². The molecule has 0 N–H and O–H groups in total. The van der Waals surface area contributed by atoms with E-state index in [1.807, 2.05) is 24.3 Å². The molecular formula is C50H39N3O. The second-order valence-electron chi connectivity index (χ2n) is 14.7. The van der Waals surface area contributed by atoms with E-state index in [-0.39, 0.29) is 11.8 Å². The molecule has 9 rings (SSSR count). The van der Waals surface area contributed by atoms with Crippen LogP contribution in [0.1, 0.15) is 56.2 Å². The molecule has 0 unspecified atom stereocenters. The highest BCUT2D eigenvalue weighted by atomic mass is 16.3. The van der Waals surface area contributed by atoms with Gasteiger partial charge >= 0.3 is 0 Å². The summed E-state index contributed by atoms with van der Waals surface area (Å²) in [6.07, 6.45) is 0. The first-order chi connectivity index (χ1) is 26.4. The predicted molar refractivity (Wildman–Crippen MR) is 223 cm³/mol. The highest BCUT2D eigenvalue weighted by Gasteiger charge is 2.25. The van der Waals surface area contributed by atoms with Gasteiger partial charge in [0, 0.05) is 10.8 Å². The highest BCUT2D eigenvalue weighted by Crippen LogP contribution is 2.43. The standard InChI is InChI=1S/C50H39N3O/c1-31(2)43-27-39(37-23-21-35(22-24-37)34-11-6-5-7-12-34)28-44(32(3)4)48(43)53-46-16-9-8-15-45(46)52-50(53)42-14-10-13-41-40-26-25-38(29-47(40)54-49(41)42)36-19-17-33(30-51)18-20-36/h5-29,31-32H,1-4H3. The SMILES string of the molecule is CC(C)c1cc(-c2ccc(-c3ccccc3)cc2)cc(C(C)C)c1-n1c(-c2cccc3c2oc2cc(-c4ccc(C#N)cc4)ccc23)nc2ccccc21. The van der Waals surface area contributed by atoms with Crippen LogP contribution in [0, 0.1) is 11.3 Å². The van der Waals surface area contributed by atoms with E-state index in [1.54, 1.807) is 0 Å². The highest BCUT2D eigenvalue weighted by molar-refractivity contribution is 6.10. The molecule has 0 atom stereocenters. The molecule has 9 aromatic rings. The number of furan rings is 1. The molecule has 4 nitrogen and oxygen atoms in total. The van der Waals surface area contributed by atoms with Gasteiger partial charge in [-0.25, -0.2) is 4.98 Å². The maximum atomic E-state index is 9.29. The third-order valence-corrected chi connectivity index (χ3v) is 10.6. The van der Waals surface area contributed by atoms with Crippen LogP contribution in [0.3, 0.4) is 0 Å². The van der Waals surface area contributed by atoms with Gasteiger partial charge in [-0.2, -0.15) is 5.26 Å². The summed E-state index contributed by atoms with van der Waals surface area (Å²) in [5, 5.41) is 11.4. The van der Waals surface area contributed by atoms with Crippen LogP contribution in [0.2, 0.25) is 0 Å². The van der Waals surface area contributed by atoms with Crippen molar-refractivity contribution in [3.63, 3.8) is 0 Å². The van der Waals surface area contributed by atoms with Crippen LogP contribution in [0.4, 0.5) is 0 Å². The number of fused-ring (bicyclic) bond motifs is 4. The summed E-state index contributed by atoms with van der Waals surface area (Å²) >= 11 is 0. The van der Waals surface area contributed by atoms with Crippen molar-refractivity contribution in [1.29, 1.82) is 5.26 Å². The smallest absolute Gasteiger partial charge is 0.149 e. The molecule has 0 aliphatic heterocycles. The summed E-state index contributed by atoms with van der Waals surface area (Å²) in [7, 11) is 0. The molecule has 0 saturated carbocycles. The van der Waals surface area contributed by atoms with Gasteiger partial charge in [0.2, 0.25) is 0 Å². The first-order valence-electron chi connectivity index (χ1n) is 18.7. The molecule has 54 heavy (non-hydrogen) atoms. The quantitative estimate of drug-likeness (QED) is 0.167. The van der Waals surface area contributed by atoms with Gasteiger partial charge in [-0.1, -0.05) is 125 Å². The Kier molecular flexibility index (Phi) is 8.21. The predicted octanol–water partition coefficient (Wildman–Crippen LogP) is 13.7. The van der Waals surface area contributed by atoms with E-state index in [9.17, 15) is 5.26 Å². The lowest BCUT2D eigenvalue weighted by Crippen LogP contribution is -2.09. The van der Waals surface area contributed by atoms with Crippen molar-refractivity contribution in [2.45, 2.75) is 39.5 Å². The summed E-state index contributed by atoms with van der Waals surface area (Å²) in [5.41, 5.74) is 15.9. The Morgan fingerprint density at radius 3 is 1.83 bits per heavy atom. The number of imidazole rings is 1. The van der Waals surface area contributed by atoms with Crippen molar-refractivity contribution in [3.8, 4) is 56.5 Å². The largest absolute Gasteiger partial charge is 0.455 e. The van der Waals surface area contributed by atoms with Crippen molar-refractivity contribution >= 4 is 33.0 Å². The molecule has 0 radical (unpaired) electrons. The van der Waals surface area contributed by atoms with Gasteiger partial charge in [0.15, 0.2) is 0 Å². The van der Waals surface area contributed by atoms with Crippen molar-refractivity contribution in [1.82, 2.24) is 9.55 Å². The molecule has 0 aliphatic rings.